The van der Waals surface area contributed by atoms with Gasteiger partial charge in [0.05, 0.1) is 18.2 Å². The zero-order valence-corrected chi connectivity index (χ0v) is 10.9. The van der Waals surface area contributed by atoms with Crippen LogP contribution in [-0.2, 0) is 9.53 Å². The Bertz CT molecular complexity index is 323. The highest BCUT2D eigenvalue weighted by atomic mass is 32.1. The summed E-state index contributed by atoms with van der Waals surface area (Å²) in [7, 11) is 0. The van der Waals surface area contributed by atoms with Gasteiger partial charge in [-0.1, -0.05) is 19.1 Å². The molecule has 1 aliphatic heterocycles. The quantitative estimate of drug-likeness (QED) is 0.699. The summed E-state index contributed by atoms with van der Waals surface area (Å²) in [4.78, 5) is 12.6. The van der Waals surface area contributed by atoms with Crippen molar-refractivity contribution < 1.29 is 9.53 Å². The topological polar surface area (TPSA) is 67.6 Å². The van der Waals surface area contributed by atoms with E-state index in [2.05, 4.69) is 12.3 Å². The highest BCUT2D eigenvalue weighted by Gasteiger charge is 2.51. The van der Waals surface area contributed by atoms with Crippen LogP contribution in [-0.4, -0.2) is 42.2 Å². The lowest BCUT2D eigenvalue weighted by Crippen LogP contribution is -2.60. The number of carbonyl (C=O) groups excluding carboxylic acids is 1. The second-order valence-corrected chi connectivity index (χ2v) is 5.44. The van der Waals surface area contributed by atoms with Crippen molar-refractivity contribution >= 4 is 23.1 Å². The van der Waals surface area contributed by atoms with Crippen LogP contribution < -0.4 is 11.2 Å². The maximum atomic E-state index is 12.2. The van der Waals surface area contributed by atoms with Crippen LogP contribution in [0.25, 0.3) is 0 Å². The molecular formula is C11H19N3O2S. The molecule has 96 valence electrons. The zero-order chi connectivity index (χ0) is 12.5. The van der Waals surface area contributed by atoms with Gasteiger partial charge in [-0.2, -0.15) is 0 Å². The maximum Gasteiger partial charge on any atom is 0.247 e. The number of nitrogens with one attached hydrogen (secondary N) is 1. The number of morpholine rings is 1. The molecule has 0 aromatic heterocycles. The Hall–Kier alpha value is -0.720. The van der Waals surface area contributed by atoms with E-state index in [9.17, 15) is 4.79 Å². The van der Waals surface area contributed by atoms with E-state index in [4.69, 9.17) is 22.7 Å². The highest BCUT2D eigenvalue weighted by Crippen LogP contribution is 2.45. The molecule has 0 unspecified atom stereocenters. The molecule has 1 heterocycles. The lowest BCUT2D eigenvalue weighted by molar-refractivity contribution is -0.140. The summed E-state index contributed by atoms with van der Waals surface area (Å²) >= 11 is 5.05. The first-order valence-corrected chi connectivity index (χ1v) is 6.39. The van der Waals surface area contributed by atoms with E-state index in [0.717, 1.165) is 12.8 Å². The molecule has 5 nitrogen and oxygen atoms in total. The first kappa shape index (κ1) is 12.7. The number of thiocarbonyl (C=S) groups is 1. The average molecular weight is 257 g/mol. The van der Waals surface area contributed by atoms with E-state index < -0.39 is 5.41 Å². The van der Waals surface area contributed by atoms with Crippen molar-refractivity contribution in [3.8, 4) is 0 Å². The van der Waals surface area contributed by atoms with Crippen LogP contribution >= 0.6 is 12.2 Å². The molecule has 2 fully saturated rings. The number of nitrogens with two attached hydrogens (primary N) is 1. The fraction of sp³-hybridized carbons (Fsp3) is 0.818. The van der Waals surface area contributed by atoms with Crippen LogP contribution in [0.15, 0.2) is 0 Å². The molecule has 0 atom stereocenters. The average Bonchev–Trinajstić information content (AvgIpc) is 2.25. The van der Waals surface area contributed by atoms with E-state index in [1.165, 1.54) is 0 Å². The largest absolute Gasteiger partial charge is 0.392 e. The Labute approximate surface area is 107 Å². The number of amides is 1. The Morgan fingerprint density at radius 2 is 2.06 bits per heavy atom. The molecule has 17 heavy (non-hydrogen) atoms. The van der Waals surface area contributed by atoms with Gasteiger partial charge < -0.3 is 10.5 Å². The van der Waals surface area contributed by atoms with Crippen LogP contribution in [0.3, 0.4) is 0 Å². The van der Waals surface area contributed by atoms with Crippen LogP contribution in [0.1, 0.15) is 19.8 Å². The Morgan fingerprint density at radius 3 is 2.53 bits per heavy atom. The van der Waals surface area contributed by atoms with Gasteiger partial charge in [0.2, 0.25) is 5.91 Å². The molecule has 2 aliphatic rings. The number of hydrogen-bond donors (Lipinski definition) is 2. The van der Waals surface area contributed by atoms with Crippen LogP contribution in [0.5, 0.6) is 0 Å². The van der Waals surface area contributed by atoms with Gasteiger partial charge in [0.1, 0.15) is 5.41 Å². The van der Waals surface area contributed by atoms with E-state index in [1.807, 2.05) is 5.01 Å². The minimum Gasteiger partial charge on any atom is -0.392 e. The summed E-state index contributed by atoms with van der Waals surface area (Å²) in [5, 5.41) is 1.88. The molecule has 1 saturated carbocycles. The molecule has 1 aliphatic carbocycles. The lowest BCUT2D eigenvalue weighted by atomic mass is 9.62. The Balaban J connectivity index is 1.95. The van der Waals surface area contributed by atoms with Crippen LogP contribution in [0.2, 0.25) is 0 Å². The number of rotatable bonds is 3. The molecule has 0 radical (unpaired) electrons. The normalized spacial score (nSPS) is 33.8. The van der Waals surface area contributed by atoms with Gasteiger partial charge in [-0.3, -0.25) is 10.2 Å². The van der Waals surface area contributed by atoms with Crippen molar-refractivity contribution in [3.63, 3.8) is 0 Å². The van der Waals surface area contributed by atoms with Crippen molar-refractivity contribution in [2.45, 2.75) is 19.8 Å². The fourth-order valence-corrected chi connectivity index (χ4v) is 2.81. The third kappa shape index (κ3) is 2.43. The third-order valence-corrected chi connectivity index (χ3v) is 3.96. The predicted molar refractivity (Wildman–Crippen MR) is 68.2 cm³/mol. The minimum atomic E-state index is -0.618. The van der Waals surface area contributed by atoms with Gasteiger partial charge in [0.15, 0.2) is 0 Å². The minimum absolute atomic E-state index is 0.0509. The van der Waals surface area contributed by atoms with Gasteiger partial charge in [-0.25, -0.2) is 5.01 Å². The number of nitrogens with zero attached hydrogens (tertiary/aromatic N) is 1. The van der Waals surface area contributed by atoms with Crippen LogP contribution in [0, 0.1) is 11.3 Å². The molecule has 0 spiro atoms. The number of carbonyl (C=O) groups is 1. The zero-order valence-electron chi connectivity index (χ0n) is 10.1. The molecule has 6 heteroatoms. The second kappa shape index (κ2) is 4.88. The number of hydrazine groups is 1. The monoisotopic (exact) mass is 257 g/mol. The van der Waals surface area contributed by atoms with Crippen molar-refractivity contribution in [1.82, 2.24) is 10.4 Å². The number of hydrogen-bond acceptors (Lipinski definition) is 4. The molecule has 1 amide bonds. The van der Waals surface area contributed by atoms with Gasteiger partial charge in [-0.15, -0.1) is 0 Å². The molecule has 0 aromatic rings. The summed E-state index contributed by atoms with van der Waals surface area (Å²) in [6.07, 6.45) is 1.52. The van der Waals surface area contributed by atoms with E-state index in [-0.39, 0.29) is 5.91 Å². The van der Waals surface area contributed by atoms with E-state index >= 15 is 0 Å². The molecule has 1 saturated heterocycles. The SMILES string of the molecule is CC1CC(C(=O)NN2CCOCC2)(C(N)=S)C1. The molecular weight excluding hydrogens is 238 g/mol. The predicted octanol–water partition coefficient (Wildman–Crippen LogP) is 0.0522. The smallest absolute Gasteiger partial charge is 0.247 e. The summed E-state index contributed by atoms with van der Waals surface area (Å²) < 4.78 is 5.23. The Kier molecular flexibility index (Phi) is 3.65. The van der Waals surface area contributed by atoms with Crippen molar-refractivity contribution in [2.24, 2.45) is 17.1 Å². The molecule has 3 N–H and O–H groups in total. The summed E-state index contributed by atoms with van der Waals surface area (Å²) in [6.45, 7) is 4.84. The lowest BCUT2D eigenvalue weighted by Gasteiger charge is -2.45. The van der Waals surface area contributed by atoms with Crippen molar-refractivity contribution in [3.05, 3.63) is 0 Å². The fourth-order valence-electron chi connectivity index (χ4n) is 2.55. The first-order valence-electron chi connectivity index (χ1n) is 5.98. The van der Waals surface area contributed by atoms with Gasteiger partial charge in [-0.05, 0) is 18.8 Å². The van der Waals surface area contributed by atoms with Crippen LogP contribution in [0.4, 0.5) is 0 Å². The molecule has 2 rings (SSSR count). The standard InChI is InChI=1S/C11H19N3O2S/c1-8-6-11(7-8,9(12)17)10(15)13-14-2-4-16-5-3-14/h8H,2-7H2,1H3,(H2,12,17)(H,13,15). The number of ether oxygens (including phenoxy) is 1. The molecule has 0 aromatic carbocycles. The van der Waals surface area contributed by atoms with Gasteiger partial charge in [0.25, 0.3) is 0 Å². The van der Waals surface area contributed by atoms with Gasteiger partial charge >= 0.3 is 0 Å². The van der Waals surface area contributed by atoms with Gasteiger partial charge in [0, 0.05) is 13.1 Å². The summed E-state index contributed by atoms with van der Waals surface area (Å²) in [5.41, 5.74) is 8.02. The van der Waals surface area contributed by atoms with Crippen molar-refractivity contribution in [2.75, 3.05) is 26.3 Å². The van der Waals surface area contributed by atoms with E-state index in [1.54, 1.807) is 0 Å². The first-order chi connectivity index (χ1) is 8.04. The summed E-state index contributed by atoms with van der Waals surface area (Å²) in [6, 6.07) is 0. The Morgan fingerprint density at radius 1 is 1.47 bits per heavy atom. The highest BCUT2D eigenvalue weighted by molar-refractivity contribution is 7.80. The second-order valence-electron chi connectivity index (χ2n) is 5.00. The third-order valence-electron chi connectivity index (χ3n) is 3.57. The summed E-state index contributed by atoms with van der Waals surface area (Å²) in [5.74, 6) is 0.469. The molecule has 0 bridgehead atoms. The van der Waals surface area contributed by atoms with E-state index in [0.29, 0.717) is 37.2 Å². The maximum absolute atomic E-state index is 12.2. The van der Waals surface area contributed by atoms with Crippen molar-refractivity contribution in [1.29, 1.82) is 0 Å².